The molecule has 0 spiro atoms. The molecule has 0 radical (unpaired) electrons. The van der Waals surface area contributed by atoms with Crippen molar-refractivity contribution in [2.75, 3.05) is 39.3 Å². The van der Waals surface area contributed by atoms with E-state index in [-0.39, 0.29) is 41.8 Å². The number of rotatable bonds is 7. The van der Waals surface area contributed by atoms with Crippen LogP contribution >= 0.6 is 35.3 Å². The van der Waals surface area contributed by atoms with Crippen LogP contribution in [0, 0.1) is 11.8 Å². The number of carbonyl (C=O) groups excluding carboxylic acids is 1. The van der Waals surface area contributed by atoms with E-state index >= 15 is 0 Å². The van der Waals surface area contributed by atoms with Crippen LogP contribution in [-0.4, -0.2) is 67.0 Å². The SMILES string of the molecule is CCNC(=NCC(c1cccs1)N1CCC(C)CC1)NC1CCN(C(=O)C(C)C)C1.I. The number of nitrogens with one attached hydrogen (secondary N) is 2. The minimum absolute atomic E-state index is 0. The number of thiophene rings is 1. The summed E-state index contributed by atoms with van der Waals surface area (Å²) in [5, 5.41) is 9.16. The van der Waals surface area contributed by atoms with Crippen molar-refractivity contribution in [3.8, 4) is 0 Å². The molecule has 2 aliphatic rings. The van der Waals surface area contributed by atoms with Crippen LogP contribution in [0.25, 0.3) is 0 Å². The highest BCUT2D eigenvalue weighted by atomic mass is 127. The molecule has 0 saturated carbocycles. The van der Waals surface area contributed by atoms with E-state index in [0.717, 1.165) is 57.6 Å². The Hall–Kier alpha value is -0.870. The number of piperidine rings is 1. The lowest BCUT2D eigenvalue weighted by atomic mass is 9.97. The van der Waals surface area contributed by atoms with Gasteiger partial charge in [0.15, 0.2) is 5.96 Å². The van der Waals surface area contributed by atoms with Crippen molar-refractivity contribution in [1.29, 1.82) is 0 Å². The van der Waals surface area contributed by atoms with Crippen molar-refractivity contribution in [2.24, 2.45) is 16.8 Å². The molecule has 2 aliphatic heterocycles. The van der Waals surface area contributed by atoms with Gasteiger partial charge in [-0.05, 0) is 56.6 Å². The quantitative estimate of drug-likeness (QED) is 0.301. The van der Waals surface area contributed by atoms with Crippen LogP contribution in [0.4, 0.5) is 0 Å². The Morgan fingerprint density at radius 2 is 2.00 bits per heavy atom. The molecule has 0 bridgehead atoms. The third-order valence-electron chi connectivity index (χ3n) is 6.23. The highest BCUT2D eigenvalue weighted by molar-refractivity contribution is 14.0. The molecule has 2 unspecified atom stereocenters. The molecule has 31 heavy (non-hydrogen) atoms. The van der Waals surface area contributed by atoms with Crippen LogP contribution in [0.5, 0.6) is 0 Å². The molecule has 6 nitrogen and oxygen atoms in total. The van der Waals surface area contributed by atoms with Crippen LogP contribution in [0.3, 0.4) is 0 Å². The van der Waals surface area contributed by atoms with Crippen molar-refractivity contribution >= 4 is 47.2 Å². The highest BCUT2D eigenvalue weighted by Crippen LogP contribution is 2.29. The van der Waals surface area contributed by atoms with Crippen molar-refractivity contribution in [3.63, 3.8) is 0 Å². The highest BCUT2D eigenvalue weighted by Gasteiger charge is 2.29. The summed E-state index contributed by atoms with van der Waals surface area (Å²) in [6, 6.07) is 5.00. The summed E-state index contributed by atoms with van der Waals surface area (Å²) >= 11 is 1.83. The summed E-state index contributed by atoms with van der Waals surface area (Å²) in [6.07, 6.45) is 3.51. The van der Waals surface area contributed by atoms with Gasteiger partial charge in [-0.2, -0.15) is 0 Å². The lowest BCUT2D eigenvalue weighted by Gasteiger charge is -2.35. The van der Waals surface area contributed by atoms with Crippen molar-refractivity contribution in [1.82, 2.24) is 20.4 Å². The second-order valence-corrected chi connectivity index (χ2v) is 10.0. The Morgan fingerprint density at radius 3 is 2.61 bits per heavy atom. The van der Waals surface area contributed by atoms with Gasteiger partial charge in [-0.1, -0.05) is 26.8 Å². The zero-order valence-corrected chi connectivity index (χ0v) is 22.6. The van der Waals surface area contributed by atoms with Crippen LogP contribution in [-0.2, 0) is 4.79 Å². The van der Waals surface area contributed by atoms with Gasteiger partial charge in [0.2, 0.25) is 5.91 Å². The fraction of sp³-hybridized carbons (Fsp3) is 0.739. The van der Waals surface area contributed by atoms with Gasteiger partial charge in [0, 0.05) is 36.5 Å². The number of guanidine groups is 1. The number of nitrogens with zero attached hydrogens (tertiary/aromatic N) is 3. The molecule has 3 rings (SSSR count). The maximum absolute atomic E-state index is 12.3. The van der Waals surface area contributed by atoms with Gasteiger partial charge in [0.25, 0.3) is 0 Å². The molecule has 0 aromatic carbocycles. The number of amides is 1. The van der Waals surface area contributed by atoms with E-state index in [1.165, 1.54) is 17.7 Å². The normalized spacial score (nSPS) is 21.8. The zero-order valence-electron chi connectivity index (χ0n) is 19.5. The number of halogens is 1. The predicted octanol–water partition coefficient (Wildman–Crippen LogP) is 3.95. The maximum atomic E-state index is 12.3. The van der Waals surface area contributed by atoms with E-state index in [1.807, 2.05) is 30.1 Å². The third-order valence-corrected chi connectivity index (χ3v) is 7.21. The first-order valence-electron chi connectivity index (χ1n) is 11.6. The minimum atomic E-state index is 0. The summed E-state index contributed by atoms with van der Waals surface area (Å²) in [4.78, 5) is 23.3. The topological polar surface area (TPSA) is 60.0 Å². The molecule has 1 aromatic heterocycles. The van der Waals surface area contributed by atoms with Crippen molar-refractivity contribution < 1.29 is 4.79 Å². The van der Waals surface area contributed by atoms with Gasteiger partial charge in [0.1, 0.15) is 0 Å². The minimum Gasteiger partial charge on any atom is -0.357 e. The Bertz CT molecular complexity index is 688. The molecule has 2 atom stereocenters. The largest absolute Gasteiger partial charge is 0.357 e. The average Bonchev–Trinajstić information content (AvgIpc) is 3.41. The van der Waals surface area contributed by atoms with E-state index in [0.29, 0.717) is 6.04 Å². The van der Waals surface area contributed by atoms with Gasteiger partial charge in [-0.15, -0.1) is 35.3 Å². The lowest BCUT2D eigenvalue weighted by molar-refractivity contribution is -0.133. The van der Waals surface area contributed by atoms with E-state index < -0.39 is 0 Å². The number of hydrogen-bond acceptors (Lipinski definition) is 4. The summed E-state index contributed by atoms with van der Waals surface area (Å²) in [6.45, 7) is 13.9. The molecule has 176 valence electrons. The average molecular weight is 562 g/mol. The van der Waals surface area contributed by atoms with Crippen molar-refractivity contribution in [2.45, 2.75) is 59.0 Å². The number of carbonyl (C=O) groups is 1. The monoisotopic (exact) mass is 561 g/mol. The smallest absolute Gasteiger partial charge is 0.225 e. The van der Waals surface area contributed by atoms with E-state index in [1.54, 1.807) is 0 Å². The molecule has 3 heterocycles. The van der Waals surface area contributed by atoms with Crippen molar-refractivity contribution in [3.05, 3.63) is 22.4 Å². The molecule has 1 amide bonds. The number of likely N-dealkylation sites (tertiary alicyclic amines) is 2. The third kappa shape index (κ3) is 7.60. The van der Waals surface area contributed by atoms with Crippen LogP contribution in [0.15, 0.2) is 22.5 Å². The Labute approximate surface area is 209 Å². The zero-order chi connectivity index (χ0) is 21.5. The summed E-state index contributed by atoms with van der Waals surface area (Å²) in [5.41, 5.74) is 0. The van der Waals surface area contributed by atoms with E-state index in [9.17, 15) is 4.79 Å². The summed E-state index contributed by atoms with van der Waals surface area (Å²) in [7, 11) is 0. The number of hydrogen-bond donors (Lipinski definition) is 2. The first kappa shape index (κ1) is 26.4. The first-order chi connectivity index (χ1) is 14.5. The van der Waals surface area contributed by atoms with Crippen LogP contribution in [0.2, 0.25) is 0 Å². The fourth-order valence-electron chi connectivity index (χ4n) is 4.34. The standard InChI is InChI=1S/C23H39N5OS.HI/c1-5-24-23(26-19-10-13-28(16-19)22(29)17(2)3)25-15-20(21-7-6-14-30-21)27-11-8-18(4)9-12-27;/h6-7,14,17-20H,5,8-13,15-16H2,1-4H3,(H2,24,25,26);1H. The molecule has 8 heteroatoms. The summed E-state index contributed by atoms with van der Waals surface area (Å²) in [5.74, 6) is 2.00. The molecular weight excluding hydrogens is 521 g/mol. The Balaban J connectivity index is 0.00000341. The number of aliphatic imine (C=N–C) groups is 1. The van der Waals surface area contributed by atoms with E-state index in [4.69, 9.17) is 4.99 Å². The van der Waals surface area contributed by atoms with E-state index in [2.05, 4.69) is 46.9 Å². The Kier molecular flexibility index (Phi) is 11.1. The summed E-state index contributed by atoms with van der Waals surface area (Å²) < 4.78 is 0. The lowest BCUT2D eigenvalue weighted by Crippen LogP contribution is -2.46. The van der Waals surface area contributed by atoms with Gasteiger partial charge in [-0.3, -0.25) is 14.7 Å². The van der Waals surface area contributed by atoms with Gasteiger partial charge >= 0.3 is 0 Å². The molecule has 2 N–H and O–H groups in total. The van der Waals surface area contributed by atoms with Gasteiger partial charge < -0.3 is 15.5 Å². The first-order valence-corrected chi connectivity index (χ1v) is 12.5. The molecule has 2 saturated heterocycles. The van der Waals surface area contributed by atoms with Crippen LogP contribution < -0.4 is 10.6 Å². The van der Waals surface area contributed by atoms with Gasteiger partial charge in [-0.25, -0.2) is 0 Å². The fourth-order valence-corrected chi connectivity index (χ4v) is 5.19. The Morgan fingerprint density at radius 1 is 1.26 bits per heavy atom. The molecular formula is C23H40IN5OS. The molecule has 1 aromatic rings. The van der Waals surface area contributed by atoms with Crippen LogP contribution in [0.1, 0.15) is 57.9 Å². The maximum Gasteiger partial charge on any atom is 0.225 e. The second-order valence-electron chi connectivity index (χ2n) is 9.04. The predicted molar refractivity (Wildman–Crippen MR) is 141 cm³/mol. The molecule has 2 fully saturated rings. The van der Waals surface area contributed by atoms with Gasteiger partial charge in [0.05, 0.1) is 12.6 Å². The second kappa shape index (κ2) is 13.0. The molecule has 0 aliphatic carbocycles.